The Kier molecular flexibility index (Phi) is 3.35. The lowest BCUT2D eigenvalue weighted by Crippen LogP contribution is -2.18. The third-order valence-corrected chi connectivity index (χ3v) is 3.92. The molecule has 4 nitrogen and oxygen atoms in total. The second-order valence-electron chi connectivity index (χ2n) is 5.42. The van der Waals surface area contributed by atoms with E-state index < -0.39 is 0 Å². The Morgan fingerprint density at radius 1 is 0.909 bits per heavy atom. The second kappa shape index (κ2) is 5.64. The second-order valence-corrected chi connectivity index (χ2v) is 5.42. The van der Waals surface area contributed by atoms with E-state index in [9.17, 15) is 0 Å². The molecule has 0 saturated carbocycles. The van der Waals surface area contributed by atoms with Gasteiger partial charge in [-0.25, -0.2) is 4.99 Å². The maximum Gasteiger partial charge on any atom is 0.216 e. The Morgan fingerprint density at radius 2 is 1.64 bits per heavy atom. The van der Waals surface area contributed by atoms with Gasteiger partial charge in [0, 0.05) is 12.0 Å². The van der Waals surface area contributed by atoms with Gasteiger partial charge in [0.15, 0.2) is 6.10 Å². The lowest BCUT2D eigenvalue weighted by atomic mass is 10.0. The van der Waals surface area contributed by atoms with Gasteiger partial charge in [0.1, 0.15) is 12.6 Å². The molecule has 0 amide bonds. The molecule has 2 aliphatic rings. The molecule has 4 rings (SSSR count). The molecule has 0 aromatic heterocycles. The average Bonchev–Trinajstić information content (AvgIpc) is 3.26. The highest BCUT2D eigenvalue weighted by atomic mass is 16.6. The monoisotopic (exact) mass is 292 g/mol. The number of ether oxygens (including phenoxy) is 1. The SMILES string of the molecule is c1ccc(C2=N[C@H](C3=NO[C@@H](c4ccccc4)C3)CO2)cc1. The van der Waals surface area contributed by atoms with Crippen LogP contribution in [0.2, 0.25) is 0 Å². The minimum absolute atomic E-state index is 0.00725. The van der Waals surface area contributed by atoms with Crippen molar-refractivity contribution in [2.75, 3.05) is 6.61 Å². The van der Waals surface area contributed by atoms with Crippen molar-refractivity contribution in [1.82, 2.24) is 0 Å². The zero-order valence-electron chi connectivity index (χ0n) is 12.1. The lowest BCUT2D eigenvalue weighted by molar-refractivity contribution is 0.0857. The molecule has 2 aromatic carbocycles. The number of nitrogens with zero attached hydrogens (tertiary/aromatic N) is 2. The number of hydrogen-bond acceptors (Lipinski definition) is 4. The fraction of sp³-hybridized carbons (Fsp3) is 0.222. The van der Waals surface area contributed by atoms with Gasteiger partial charge in [-0.15, -0.1) is 0 Å². The molecule has 0 bridgehead atoms. The van der Waals surface area contributed by atoms with Crippen molar-refractivity contribution in [1.29, 1.82) is 0 Å². The van der Waals surface area contributed by atoms with Crippen molar-refractivity contribution in [3.63, 3.8) is 0 Å². The predicted molar refractivity (Wildman–Crippen MR) is 85.0 cm³/mol. The zero-order chi connectivity index (χ0) is 14.8. The van der Waals surface area contributed by atoms with Gasteiger partial charge in [0.05, 0.1) is 5.71 Å². The maximum atomic E-state index is 5.72. The normalized spacial score (nSPS) is 23.5. The molecule has 2 aromatic rings. The first-order valence-electron chi connectivity index (χ1n) is 7.44. The van der Waals surface area contributed by atoms with E-state index in [0.29, 0.717) is 12.5 Å². The summed E-state index contributed by atoms with van der Waals surface area (Å²) < 4.78 is 5.72. The van der Waals surface area contributed by atoms with E-state index in [2.05, 4.69) is 22.3 Å². The Hall–Kier alpha value is -2.62. The van der Waals surface area contributed by atoms with Gasteiger partial charge in [0.2, 0.25) is 5.90 Å². The van der Waals surface area contributed by atoms with Gasteiger partial charge in [-0.2, -0.15) is 0 Å². The molecule has 2 heterocycles. The van der Waals surface area contributed by atoms with Crippen LogP contribution in [0, 0.1) is 0 Å². The van der Waals surface area contributed by atoms with Gasteiger partial charge in [-0.05, 0) is 17.7 Å². The molecular weight excluding hydrogens is 276 g/mol. The lowest BCUT2D eigenvalue weighted by Gasteiger charge is -2.08. The summed E-state index contributed by atoms with van der Waals surface area (Å²) >= 11 is 0. The summed E-state index contributed by atoms with van der Waals surface area (Å²) in [4.78, 5) is 10.2. The van der Waals surface area contributed by atoms with Crippen molar-refractivity contribution in [2.45, 2.75) is 18.6 Å². The summed E-state index contributed by atoms with van der Waals surface area (Å²) in [5.74, 6) is 0.691. The number of hydrogen-bond donors (Lipinski definition) is 0. The van der Waals surface area contributed by atoms with E-state index in [1.165, 1.54) is 0 Å². The molecule has 4 heteroatoms. The first-order valence-corrected chi connectivity index (χ1v) is 7.44. The molecule has 0 aliphatic carbocycles. The van der Waals surface area contributed by atoms with Crippen LogP contribution in [-0.2, 0) is 9.57 Å². The van der Waals surface area contributed by atoms with Crippen molar-refractivity contribution in [3.05, 3.63) is 71.8 Å². The summed E-state index contributed by atoms with van der Waals surface area (Å²) in [5.41, 5.74) is 3.11. The molecule has 0 fully saturated rings. The molecule has 0 N–H and O–H groups in total. The fourth-order valence-corrected chi connectivity index (χ4v) is 2.72. The van der Waals surface area contributed by atoms with E-state index in [1.54, 1.807) is 0 Å². The minimum Gasteiger partial charge on any atom is -0.475 e. The van der Waals surface area contributed by atoms with E-state index in [0.717, 1.165) is 23.3 Å². The molecule has 0 unspecified atom stereocenters. The molecule has 22 heavy (non-hydrogen) atoms. The molecular formula is C18H16N2O2. The maximum absolute atomic E-state index is 5.72. The van der Waals surface area contributed by atoms with Gasteiger partial charge in [-0.1, -0.05) is 53.7 Å². The molecule has 0 saturated heterocycles. The van der Waals surface area contributed by atoms with Crippen LogP contribution in [0.4, 0.5) is 0 Å². The standard InChI is InChI=1S/C18H16N2O2/c1-3-7-13(8-4-1)17-11-15(20-22-17)16-12-21-18(19-16)14-9-5-2-6-10-14/h1-10,16-17H,11-12H2/t16-,17+/m0/s1. The number of aliphatic imine (C=N–C) groups is 1. The van der Waals surface area contributed by atoms with Crippen LogP contribution >= 0.6 is 0 Å². The van der Waals surface area contributed by atoms with Crippen LogP contribution < -0.4 is 0 Å². The van der Waals surface area contributed by atoms with Crippen LogP contribution in [-0.4, -0.2) is 24.3 Å². The van der Waals surface area contributed by atoms with E-state index >= 15 is 0 Å². The quantitative estimate of drug-likeness (QED) is 0.870. The smallest absolute Gasteiger partial charge is 0.216 e. The van der Waals surface area contributed by atoms with Gasteiger partial charge in [-0.3, -0.25) is 0 Å². The van der Waals surface area contributed by atoms with E-state index in [1.807, 2.05) is 48.5 Å². The van der Waals surface area contributed by atoms with Gasteiger partial charge in [0.25, 0.3) is 0 Å². The van der Waals surface area contributed by atoms with Crippen molar-refractivity contribution in [3.8, 4) is 0 Å². The Morgan fingerprint density at radius 3 is 2.41 bits per heavy atom. The van der Waals surface area contributed by atoms with Crippen LogP contribution in [0.3, 0.4) is 0 Å². The van der Waals surface area contributed by atoms with Crippen molar-refractivity contribution < 1.29 is 9.57 Å². The third-order valence-electron chi connectivity index (χ3n) is 3.92. The van der Waals surface area contributed by atoms with Gasteiger partial charge >= 0.3 is 0 Å². The summed E-state index contributed by atoms with van der Waals surface area (Å²) in [5, 5.41) is 4.23. The highest BCUT2D eigenvalue weighted by Crippen LogP contribution is 2.29. The Labute approximate surface area is 129 Å². The van der Waals surface area contributed by atoms with Crippen LogP contribution in [0.1, 0.15) is 23.7 Å². The average molecular weight is 292 g/mol. The highest BCUT2D eigenvalue weighted by Gasteiger charge is 2.32. The van der Waals surface area contributed by atoms with Crippen LogP contribution in [0.5, 0.6) is 0 Å². The highest BCUT2D eigenvalue weighted by molar-refractivity contribution is 6.00. The van der Waals surface area contributed by atoms with Gasteiger partial charge < -0.3 is 9.57 Å². The zero-order valence-corrected chi connectivity index (χ0v) is 12.1. The Balaban J connectivity index is 1.47. The summed E-state index contributed by atoms with van der Waals surface area (Å²) in [6.07, 6.45) is 0.760. The fourth-order valence-electron chi connectivity index (χ4n) is 2.72. The first-order chi connectivity index (χ1) is 10.9. The summed E-state index contributed by atoms with van der Waals surface area (Å²) in [6.45, 7) is 0.536. The van der Waals surface area contributed by atoms with E-state index in [-0.39, 0.29) is 12.1 Å². The predicted octanol–water partition coefficient (Wildman–Crippen LogP) is 3.35. The molecule has 110 valence electrons. The number of rotatable bonds is 3. The Bertz CT molecular complexity index is 710. The third kappa shape index (κ3) is 2.48. The van der Waals surface area contributed by atoms with Crippen LogP contribution in [0.15, 0.2) is 70.8 Å². The minimum atomic E-state index is -0.0380. The van der Waals surface area contributed by atoms with Crippen molar-refractivity contribution >= 4 is 11.6 Å². The topological polar surface area (TPSA) is 43.2 Å². The molecule has 0 spiro atoms. The van der Waals surface area contributed by atoms with E-state index in [4.69, 9.17) is 9.57 Å². The molecule has 0 radical (unpaired) electrons. The summed E-state index contributed by atoms with van der Waals surface area (Å²) in [6, 6.07) is 20.1. The first kappa shape index (κ1) is 13.1. The molecule has 2 atom stereocenters. The summed E-state index contributed by atoms with van der Waals surface area (Å²) in [7, 11) is 0. The largest absolute Gasteiger partial charge is 0.475 e. The van der Waals surface area contributed by atoms with Crippen LogP contribution in [0.25, 0.3) is 0 Å². The number of benzene rings is 2. The van der Waals surface area contributed by atoms with Crippen molar-refractivity contribution in [2.24, 2.45) is 10.1 Å². The molecule has 2 aliphatic heterocycles. The number of oxime groups is 1.